The van der Waals surface area contributed by atoms with Gasteiger partial charge in [-0.15, -0.1) is 0 Å². The number of nitrogens with zero attached hydrogens (tertiary/aromatic N) is 1. The van der Waals surface area contributed by atoms with Crippen molar-refractivity contribution < 1.29 is 9.53 Å². The highest BCUT2D eigenvalue weighted by Crippen LogP contribution is 2.13. The molecule has 2 aromatic rings. The number of unbranched alkanes of at least 4 members (excludes halogenated alkanes) is 1. The summed E-state index contributed by atoms with van der Waals surface area (Å²) < 4.78 is 5.17. The van der Waals surface area contributed by atoms with Gasteiger partial charge in [-0.05, 0) is 48.4 Å². The van der Waals surface area contributed by atoms with Gasteiger partial charge in [0.1, 0.15) is 0 Å². The molecule has 0 spiro atoms. The van der Waals surface area contributed by atoms with E-state index in [9.17, 15) is 4.79 Å². The fourth-order valence-corrected chi connectivity index (χ4v) is 2.02. The Morgan fingerprint density at radius 1 is 1.13 bits per heavy atom. The molecule has 0 heterocycles. The Labute approximate surface area is 136 Å². The number of rotatable bonds is 7. The van der Waals surface area contributed by atoms with Crippen LogP contribution in [0.15, 0.2) is 48.5 Å². The molecule has 2 rings (SSSR count). The molecule has 0 aliphatic heterocycles. The molecule has 0 amide bonds. The number of carbonyl (C=O) groups is 1. The zero-order valence-corrected chi connectivity index (χ0v) is 13.2. The van der Waals surface area contributed by atoms with Gasteiger partial charge in [0.2, 0.25) is 0 Å². The first-order valence-electron chi connectivity index (χ1n) is 7.73. The van der Waals surface area contributed by atoms with Gasteiger partial charge in [-0.1, -0.05) is 25.5 Å². The number of nitriles is 1. The summed E-state index contributed by atoms with van der Waals surface area (Å²) in [5.74, 6) is -0.280. The number of hydrogen-bond acceptors (Lipinski definition) is 4. The summed E-state index contributed by atoms with van der Waals surface area (Å²) in [4.78, 5) is 11.8. The minimum absolute atomic E-state index is 0.280. The van der Waals surface area contributed by atoms with E-state index in [4.69, 9.17) is 10.00 Å². The van der Waals surface area contributed by atoms with Crippen molar-refractivity contribution in [2.45, 2.75) is 26.3 Å². The number of nitrogens with one attached hydrogen (secondary N) is 1. The summed E-state index contributed by atoms with van der Waals surface area (Å²) in [7, 11) is 0. The highest BCUT2D eigenvalue weighted by atomic mass is 16.5. The first kappa shape index (κ1) is 16.6. The van der Waals surface area contributed by atoms with Crippen molar-refractivity contribution in [3.05, 3.63) is 65.2 Å². The molecule has 1 N–H and O–H groups in total. The van der Waals surface area contributed by atoms with Crippen molar-refractivity contribution in [2.24, 2.45) is 0 Å². The summed E-state index contributed by atoms with van der Waals surface area (Å²) in [6.07, 6.45) is 1.89. The second-order valence-corrected chi connectivity index (χ2v) is 5.23. The Kier molecular flexibility index (Phi) is 6.19. The predicted octanol–water partition coefficient (Wildman–Crippen LogP) is 4.13. The standard InChI is InChI=1S/C19H20N2O2/c1-2-3-12-23-19(22)17-8-10-18(11-9-17)21-14-16-6-4-15(13-20)5-7-16/h4-11,21H,2-3,12,14H2,1H3. The number of esters is 1. The van der Waals surface area contributed by atoms with Crippen LogP contribution in [-0.4, -0.2) is 12.6 Å². The third-order valence-corrected chi connectivity index (χ3v) is 3.43. The van der Waals surface area contributed by atoms with Gasteiger partial charge in [-0.25, -0.2) is 4.79 Å². The van der Waals surface area contributed by atoms with Gasteiger partial charge in [0.25, 0.3) is 0 Å². The lowest BCUT2D eigenvalue weighted by Crippen LogP contribution is -2.06. The molecule has 0 fully saturated rings. The Hall–Kier alpha value is -2.80. The SMILES string of the molecule is CCCCOC(=O)c1ccc(NCc2ccc(C#N)cc2)cc1. The highest BCUT2D eigenvalue weighted by molar-refractivity contribution is 5.89. The number of anilines is 1. The maximum absolute atomic E-state index is 11.8. The van der Waals surface area contributed by atoms with Crippen LogP contribution in [0, 0.1) is 11.3 Å². The molecule has 4 heteroatoms. The second-order valence-electron chi connectivity index (χ2n) is 5.23. The van der Waals surface area contributed by atoms with Crippen LogP contribution in [0.2, 0.25) is 0 Å². The maximum atomic E-state index is 11.8. The molecule has 0 saturated carbocycles. The van der Waals surface area contributed by atoms with E-state index in [0.29, 0.717) is 24.3 Å². The van der Waals surface area contributed by atoms with E-state index in [1.165, 1.54) is 0 Å². The van der Waals surface area contributed by atoms with Gasteiger partial charge in [0.15, 0.2) is 0 Å². The summed E-state index contributed by atoms with van der Waals surface area (Å²) in [6.45, 7) is 3.18. The van der Waals surface area contributed by atoms with Crippen molar-refractivity contribution >= 4 is 11.7 Å². The van der Waals surface area contributed by atoms with Crippen LogP contribution in [0.1, 0.15) is 41.3 Å². The lowest BCUT2D eigenvalue weighted by Gasteiger charge is -2.08. The van der Waals surface area contributed by atoms with E-state index in [2.05, 4.69) is 18.3 Å². The molecular weight excluding hydrogens is 288 g/mol. The summed E-state index contributed by atoms with van der Waals surface area (Å²) in [5, 5.41) is 12.1. The minimum Gasteiger partial charge on any atom is -0.462 e. The summed E-state index contributed by atoms with van der Waals surface area (Å²) >= 11 is 0. The molecule has 23 heavy (non-hydrogen) atoms. The maximum Gasteiger partial charge on any atom is 0.338 e. The molecule has 0 aliphatic carbocycles. The van der Waals surface area contributed by atoms with Gasteiger partial charge in [-0.3, -0.25) is 0 Å². The highest BCUT2D eigenvalue weighted by Gasteiger charge is 2.06. The Bertz CT molecular complexity index is 670. The molecular formula is C19H20N2O2. The zero-order valence-electron chi connectivity index (χ0n) is 13.2. The third-order valence-electron chi connectivity index (χ3n) is 3.43. The van der Waals surface area contributed by atoms with Gasteiger partial charge in [0.05, 0.1) is 23.8 Å². The lowest BCUT2D eigenvalue weighted by molar-refractivity contribution is 0.0500. The Morgan fingerprint density at radius 2 is 1.83 bits per heavy atom. The van der Waals surface area contributed by atoms with Gasteiger partial charge >= 0.3 is 5.97 Å². The minimum atomic E-state index is -0.280. The van der Waals surface area contributed by atoms with Crippen LogP contribution in [0.3, 0.4) is 0 Å². The van der Waals surface area contributed by atoms with E-state index < -0.39 is 0 Å². The monoisotopic (exact) mass is 308 g/mol. The molecule has 4 nitrogen and oxygen atoms in total. The van der Waals surface area contributed by atoms with E-state index in [1.807, 2.05) is 24.3 Å². The Balaban J connectivity index is 1.87. The first-order valence-corrected chi connectivity index (χ1v) is 7.73. The van der Waals surface area contributed by atoms with Crippen molar-refractivity contribution in [3.63, 3.8) is 0 Å². The second kappa shape index (κ2) is 8.60. The van der Waals surface area contributed by atoms with Gasteiger partial charge in [0, 0.05) is 12.2 Å². The third kappa shape index (κ3) is 5.15. The molecule has 0 aliphatic rings. The van der Waals surface area contributed by atoms with Crippen LogP contribution < -0.4 is 5.32 Å². The molecule has 118 valence electrons. The molecule has 0 atom stereocenters. The molecule has 0 saturated heterocycles. The van der Waals surface area contributed by atoms with E-state index in [0.717, 1.165) is 24.1 Å². The smallest absolute Gasteiger partial charge is 0.338 e. The normalized spacial score (nSPS) is 9.91. The number of ether oxygens (including phenoxy) is 1. The van der Waals surface area contributed by atoms with E-state index in [-0.39, 0.29) is 5.97 Å². The van der Waals surface area contributed by atoms with Gasteiger partial charge < -0.3 is 10.1 Å². The molecule has 0 aromatic heterocycles. The fourth-order valence-electron chi connectivity index (χ4n) is 2.02. The predicted molar refractivity (Wildman–Crippen MR) is 90.1 cm³/mol. The molecule has 0 unspecified atom stereocenters. The quantitative estimate of drug-likeness (QED) is 0.617. The molecule has 0 radical (unpaired) electrons. The number of benzene rings is 2. The molecule has 0 bridgehead atoms. The number of hydrogen-bond donors (Lipinski definition) is 1. The van der Waals surface area contributed by atoms with Crippen molar-refractivity contribution in [3.8, 4) is 6.07 Å². The van der Waals surface area contributed by atoms with Crippen LogP contribution in [0.25, 0.3) is 0 Å². The first-order chi connectivity index (χ1) is 11.2. The average Bonchev–Trinajstić information content (AvgIpc) is 2.61. The topological polar surface area (TPSA) is 62.1 Å². The molecule has 2 aromatic carbocycles. The van der Waals surface area contributed by atoms with E-state index in [1.54, 1.807) is 24.3 Å². The van der Waals surface area contributed by atoms with Crippen molar-refractivity contribution in [2.75, 3.05) is 11.9 Å². The van der Waals surface area contributed by atoms with Crippen molar-refractivity contribution in [1.29, 1.82) is 5.26 Å². The average molecular weight is 308 g/mol. The van der Waals surface area contributed by atoms with Crippen LogP contribution in [0.5, 0.6) is 0 Å². The number of carbonyl (C=O) groups excluding carboxylic acids is 1. The van der Waals surface area contributed by atoms with Crippen LogP contribution >= 0.6 is 0 Å². The van der Waals surface area contributed by atoms with Gasteiger partial charge in [-0.2, -0.15) is 5.26 Å². The van der Waals surface area contributed by atoms with Crippen molar-refractivity contribution in [1.82, 2.24) is 0 Å². The summed E-state index contributed by atoms with van der Waals surface area (Å²) in [5.41, 5.74) is 3.23. The van der Waals surface area contributed by atoms with E-state index >= 15 is 0 Å². The van der Waals surface area contributed by atoms with Crippen LogP contribution in [-0.2, 0) is 11.3 Å². The lowest BCUT2D eigenvalue weighted by atomic mass is 10.1. The fraction of sp³-hybridized carbons (Fsp3) is 0.263. The van der Waals surface area contributed by atoms with Crippen LogP contribution in [0.4, 0.5) is 5.69 Å². The Morgan fingerprint density at radius 3 is 2.43 bits per heavy atom. The zero-order chi connectivity index (χ0) is 16.5. The largest absolute Gasteiger partial charge is 0.462 e. The summed E-state index contributed by atoms with van der Waals surface area (Å²) in [6, 6.07) is 16.8.